The van der Waals surface area contributed by atoms with Gasteiger partial charge in [0, 0.05) is 49.5 Å². The van der Waals surface area contributed by atoms with Gasteiger partial charge < -0.3 is 4.57 Å². The Labute approximate surface area is 286 Å². The fourth-order valence-corrected chi connectivity index (χ4v) is 8.75. The number of nitrogens with zero attached hydrogens (tertiary/aromatic N) is 3. The number of rotatable bonds is 3. The molecule has 0 N–H and O–H groups in total. The quantitative estimate of drug-likeness (QED) is 0.195. The van der Waals surface area contributed by atoms with Crippen molar-refractivity contribution in [3.63, 3.8) is 0 Å². The Balaban J connectivity index is 1.16. The second kappa shape index (κ2) is 9.87. The number of hydrogen-bond acceptors (Lipinski definition) is 2. The summed E-state index contributed by atoms with van der Waals surface area (Å²) in [6.45, 7) is 9.29. The summed E-state index contributed by atoms with van der Waals surface area (Å²) < 4.78 is 2.42. The van der Waals surface area contributed by atoms with Crippen LogP contribution in [-0.2, 0) is 10.8 Å². The first-order chi connectivity index (χ1) is 23.8. The van der Waals surface area contributed by atoms with Crippen LogP contribution in [0.1, 0.15) is 49.9 Å². The summed E-state index contributed by atoms with van der Waals surface area (Å²) in [7, 11) is 0. The van der Waals surface area contributed by atoms with Crippen LogP contribution in [0.3, 0.4) is 0 Å². The first kappa shape index (κ1) is 28.2. The zero-order chi connectivity index (χ0) is 33.1. The number of aromatic nitrogens is 3. The molecule has 3 heteroatoms. The smallest absolute Gasteiger partial charge is 0.160 e. The van der Waals surface area contributed by atoms with Gasteiger partial charge in [0.15, 0.2) is 5.82 Å². The molecule has 0 spiro atoms. The van der Waals surface area contributed by atoms with Gasteiger partial charge in [-0.05, 0) is 70.3 Å². The predicted molar refractivity (Wildman–Crippen MR) is 202 cm³/mol. The standard InChI is InChI=1S/C46H35N3/c1-45(2)36-19-11-8-16-31(36)34-27-40-35(26-38(34)45)32-17-10-13-21-39(32)49(40)30-24-22-29(23-25-30)44-47-42(28-14-6-5-7-15-28)41-43(48-44)33-18-9-12-20-37(33)46(41,3)4/h5-27H,1-4H3. The molecule has 234 valence electrons. The van der Waals surface area contributed by atoms with E-state index < -0.39 is 0 Å². The van der Waals surface area contributed by atoms with Crippen molar-refractivity contribution in [3.8, 4) is 50.7 Å². The largest absolute Gasteiger partial charge is 0.309 e. The average molecular weight is 630 g/mol. The van der Waals surface area contributed by atoms with E-state index in [-0.39, 0.29) is 10.8 Å². The molecule has 0 fully saturated rings. The lowest BCUT2D eigenvalue weighted by atomic mass is 9.81. The summed E-state index contributed by atoms with van der Waals surface area (Å²) in [6.07, 6.45) is 0. The molecule has 0 saturated heterocycles. The van der Waals surface area contributed by atoms with E-state index in [1.54, 1.807) is 0 Å². The van der Waals surface area contributed by atoms with Gasteiger partial charge in [-0.1, -0.05) is 125 Å². The topological polar surface area (TPSA) is 30.7 Å². The highest BCUT2D eigenvalue weighted by molar-refractivity contribution is 6.11. The van der Waals surface area contributed by atoms with Crippen molar-refractivity contribution >= 4 is 21.8 Å². The summed E-state index contributed by atoms with van der Waals surface area (Å²) in [5.41, 5.74) is 16.6. The van der Waals surface area contributed by atoms with Crippen LogP contribution in [-0.4, -0.2) is 14.5 Å². The third-order valence-electron chi connectivity index (χ3n) is 11.2. The van der Waals surface area contributed by atoms with Crippen LogP contribution in [0.25, 0.3) is 72.5 Å². The third kappa shape index (κ3) is 3.84. The maximum Gasteiger partial charge on any atom is 0.160 e. The second-order valence-electron chi connectivity index (χ2n) is 14.6. The van der Waals surface area contributed by atoms with E-state index in [1.165, 1.54) is 60.8 Å². The van der Waals surface area contributed by atoms with E-state index >= 15 is 0 Å². The Bertz CT molecular complexity index is 2640. The van der Waals surface area contributed by atoms with E-state index in [1.807, 2.05) is 0 Å². The molecule has 2 heterocycles. The number of para-hydroxylation sites is 1. The first-order valence-electron chi connectivity index (χ1n) is 17.2. The van der Waals surface area contributed by atoms with Crippen LogP contribution in [0.2, 0.25) is 0 Å². The number of hydrogen-bond donors (Lipinski definition) is 0. The maximum absolute atomic E-state index is 5.31. The van der Waals surface area contributed by atoms with Gasteiger partial charge in [0.2, 0.25) is 0 Å². The Hall–Kier alpha value is -5.80. The molecule has 0 bridgehead atoms. The maximum atomic E-state index is 5.31. The minimum absolute atomic E-state index is 0.0465. The van der Waals surface area contributed by atoms with Crippen LogP contribution < -0.4 is 0 Å². The van der Waals surface area contributed by atoms with Crippen LogP contribution in [0.5, 0.6) is 0 Å². The molecule has 0 radical (unpaired) electrons. The van der Waals surface area contributed by atoms with E-state index in [4.69, 9.17) is 9.97 Å². The lowest BCUT2D eigenvalue weighted by molar-refractivity contribution is 0.658. The van der Waals surface area contributed by atoms with Crippen molar-refractivity contribution in [2.24, 2.45) is 0 Å². The highest BCUT2D eigenvalue weighted by Crippen LogP contribution is 2.52. The molecule has 10 rings (SSSR count). The van der Waals surface area contributed by atoms with Crippen molar-refractivity contribution in [1.82, 2.24) is 14.5 Å². The Kier molecular flexibility index (Phi) is 5.69. The van der Waals surface area contributed by atoms with Crippen LogP contribution in [0.15, 0.2) is 140 Å². The molecule has 2 aromatic heterocycles. The molecule has 8 aromatic rings. The van der Waals surface area contributed by atoms with Gasteiger partial charge in [0.25, 0.3) is 0 Å². The second-order valence-corrected chi connectivity index (χ2v) is 14.6. The number of fused-ring (bicyclic) bond motifs is 9. The van der Waals surface area contributed by atoms with Crippen LogP contribution >= 0.6 is 0 Å². The molecule has 0 aliphatic heterocycles. The Morgan fingerprint density at radius 1 is 0.449 bits per heavy atom. The lowest BCUT2D eigenvalue weighted by Crippen LogP contribution is -2.17. The van der Waals surface area contributed by atoms with E-state index in [9.17, 15) is 0 Å². The Morgan fingerprint density at radius 3 is 1.86 bits per heavy atom. The van der Waals surface area contributed by atoms with Gasteiger partial charge in [-0.25, -0.2) is 9.97 Å². The fraction of sp³-hybridized carbons (Fsp3) is 0.130. The molecule has 6 aromatic carbocycles. The van der Waals surface area contributed by atoms with Gasteiger partial charge in [0.05, 0.1) is 22.4 Å². The minimum atomic E-state index is -0.202. The van der Waals surface area contributed by atoms with Gasteiger partial charge in [-0.2, -0.15) is 0 Å². The van der Waals surface area contributed by atoms with Gasteiger partial charge in [-0.3, -0.25) is 0 Å². The van der Waals surface area contributed by atoms with Crippen molar-refractivity contribution in [3.05, 3.63) is 162 Å². The van der Waals surface area contributed by atoms with Crippen LogP contribution in [0.4, 0.5) is 0 Å². The highest BCUT2D eigenvalue weighted by atomic mass is 15.0. The number of benzene rings is 6. The lowest BCUT2D eigenvalue weighted by Gasteiger charge is -2.23. The van der Waals surface area contributed by atoms with Crippen molar-refractivity contribution in [1.29, 1.82) is 0 Å². The van der Waals surface area contributed by atoms with Crippen LogP contribution in [0, 0.1) is 0 Å². The van der Waals surface area contributed by atoms with Crippen molar-refractivity contribution in [2.75, 3.05) is 0 Å². The Morgan fingerprint density at radius 2 is 1.08 bits per heavy atom. The minimum Gasteiger partial charge on any atom is -0.309 e. The predicted octanol–water partition coefficient (Wildman–Crippen LogP) is 11.5. The first-order valence-corrected chi connectivity index (χ1v) is 17.2. The molecule has 2 aliphatic carbocycles. The average Bonchev–Trinajstić information content (AvgIpc) is 3.68. The molecule has 3 nitrogen and oxygen atoms in total. The van der Waals surface area contributed by atoms with Crippen molar-refractivity contribution in [2.45, 2.75) is 38.5 Å². The summed E-state index contributed by atoms with van der Waals surface area (Å²) in [5, 5.41) is 2.56. The SMILES string of the molecule is CC1(C)c2ccccc2-c2cc3c(cc21)c1ccccc1n3-c1ccc(-c2nc(-c3ccccc3)c3c(n2)-c2ccccc2C3(C)C)cc1. The summed E-state index contributed by atoms with van der Waals surface area (Å²) in [4.78, 5) is 10.6. The normalized spacial score (nSPS) is 14.9. The molecule has 49 heavy (non-hydrogen) atoms. The van der Waals surface area contributed by atoms with Crippen molar-refractivity contribution < 1.29 is 0 Å². The monoisotopic (exact) mass is 629 g/mol. The summed E-state index contributed by atoms with van der Waals surface area (Å²) >= 11 is 0. The molecule has 0 unspecified atom stereocenters. The van der Waals surface area contributed by atoms with E-state index in [0.29, 0.717) is 0 Å². The zero-order valence-electron chi connectivity index (χ0n) is 28.1. The molecule has 0 amide bonds. The molecule has 0 saturated carbocycles. The highest BCUT2D eigenvalue weighted by Gasteiger charge is 2.40. The van der Waals surface area contributed by atoms with Gasteiger partial charge in [-0.15, -0.1) is 0 Å². The van der Waals surface area contributed by atoms with E-state index in [0.717, 1.165) is 34.0 Å². The van der Waals surface area contributed by atoms with Gasteiger partial charge >= 0.3 is 0 Å². The molecule has 2 aliphatic rings. The van der Waals surface area contributed by atoms with E-state index in [2.05, 4.69) is 172 Å². The molecular weight excluding hydrogens is 595 g/mol. The van der Waals surface area contributed by atoms with Gasteiger partial charge in [0.1, 0.15) is 0 Å². The third-order valence-corrected chi connectivity index (χ3v) is 11.2. The molecular formula is C46H35N3. The molecule has 0 atom stereocenters. The zero-order valence-corrected chi connectivity index (χ0v) is 28.1. The summed E-state index contributed by atoms with van der Waals surface area (Å²) in [6, 6.07) is 50.6. The summed E-state index contributed by atoms with van der Waals surface area (Å²) in [5.74, 6) is 0.746. The fourth-order valence-electron chi connectivity index (χ4n) is 8.75.